The van der Waals surface area contributed by atoms with Crippen LogP contribution in [0, 0.1) is 0 Å². The minimum atomic E-state index is -0.437. The molecule has 0 bridgehead atoms. The van der Waals surface area contributed by atoms with Crippen LogP contribution in [0.2, 0.25) is 0 Å². The zero-order chi connectivity index (χ0) is 31.3. The second-order valence-corrected chi connectivity index (χ2v) is 14.4. The molecule has 0 N–H and O–H groups in total. The Balaban J connectivity index is 1.31. The summed E-state index contributed by atoms with van der Waals surface area (Å²) >= 11 is 7.76. The van der Waals surface area contributed by atoms with Crippen LogP contribution in [0.25, 0.3) is 66.1 Å². The van der Waals surface area contributed by atoms with Crippen molar-refractivity contribution in [3.63, 3.8) is 0 Å². The lowest BCUT2D eigenvalue weighted by atomic mass is 9.70. The maximum absolute atomic E-state index is 3.88. The topological polar surface area (TPSA) is 0 Å². The van der Waals surface area contributed by atoms with Crippen molar-refractivity contribution in [2.45, 2.75) is 5.41 Å². The van der Waals surface area contributed by atoms with Crippen LogP contribution in [0.3, 0.4) is 0 Å². The summed E-state index contributed by atoms with van der Waals surface area (Å²) in [5, 5.41) is 4.96. The van der Waals surface area contributed by atoms with E-state index in [0.717, 1.165) is 8.95 Å². The lowest BCUT2D eigenvalue weighted by Gasteiger charge is -2.31. The van der Waals surface area contributed by atoms with Gasteiger partial charge in [-0.1, -0.05) is 165 Å². The van der Waals surface area contributed by atoms with Gasteiger partial charge in [0.15, 0.2) is 0 Å². The van der Waals surface area contributed by atoms with Gasteiger partial charge in [0.25, 0.3) is 0 Å². The third-order valence-electron chi connectivity index (χ3n) is 10.4. The Morgan fingerprint density at radius 1 is 0.319 bits per heavy atom. The summed E-state index contributed by atoms with van der Waals surface area (Å²) in [6.45, 7) is 0. The molecule has 0 radical (unpaired) electrons. The number of rotatable bonds is 2. The van der Waals surface area contributed by atoms with Gasteiger partial charge in [0.05, 0.1) is 5.41 Å². The van der Waals surface area contributed by atoms with Crippen molar-refractivity contribution < 1.29 is 0 Å². The van der Waals surface area contributed by atoms with E-state index in [0.29, 0.717) is 0 Å². The van der Waals surface area contributed by atoms with Crippen LogP contribution in [0.15, 0.2) is 167 Å². The van der Waals surface area contributed by atoms with Gasteiger partial charge in [-0.15, -0.1) is 0 Å². The van der Waals surface area contributed by atoms with Gasteiger partial charge >= 0.3 is 0 Å². The Bertz CT molecular complexity index is 2420. The fraction of sp³-hybridized carbons (Fsp3) is 0.0222. The van der Waals surface area contributed by atoms with Gasteiger partial charge < -0.3 is 0 Å². The van der Waals surface area contributed by atoms with Crippen LogP contribution in [-0.4, -0.2) is 0 Å². The van der Waals surface area contributed by atoms with E-state index in [1.807, 2.05) is 0 Å². The second-order valence-electron chi connectivity index (χ2n) is 12.6. The lowest BCUT2D eigenvalue weighted by molar-refractivity contribution is 0.794. The molecule has 8 aromatic carbocycles. The first-order valence-electron chi connectivity index (χ1n) is 16.0. The Kier molecular flexibility index (Phi) is 5.89. The van der Waals surface area contributed by atoms with E-state index in [1.54, 1.807) is 0 Å². The zero-order valence-corrected chi connectivity index (χ0v) is 28.4. The predicted molar refractivity (Wildman–Crippen MR) is 204 cm³/mol. The van der Waals surface area contributed by atoms with Crippen molar-refractivity contribution in [1.29, 1.82) is 0 Å². The summed E-state index contributed by atoms with van der Waals surface area (Å²) in [6, 6.07) is 58.6. The van der Waals surface area contributed by atoms with Gasteiger partial charge in [0.2, 0.25) is 0 Å². The number of halogens is 2. The molecule has 2 aliphatic carbocycles. The summed E-state index contributed by atoms with van der Waals surface area (Å²) in [5.74, 6) is 0. The highest BCUT2D eigenvalue weighted by Gasteiger charge is 2.51. The molecule has 1 spiro atoms. The Morgan fingerprint density at radius 2 is 0.702 bits per heavy atom. The molecule has 220 valence electrons. The molecular formula is C45H26Br2. The third-order valence-corrected chi connectivity index (χ3v) is 11.7. The van der Waals surface area contributed by atoms with Gasteiger partial charge in [-0.05, 0) is 102 Å². The smallest absolute Gasteiger partial charge is 0.0619 e. The Hall–Kier alpha value is -4.76. The first kappa shape index (κ1) is 27.4. The van der Waals surface area contributed by atoms with Crippen LogP contribution < -0.4 is 0 Å². The molecule has 0 fully saturated rings. The summed E-state index contributed by atoms with van der Waals surface area (Å²) in [4.78, 5) is 0. The highest BCUT2D eigenvalue weighted by Crippen LogP contribution is 2.63. The summed E-state index contributed by atoms with van der Waals surface area (Å²) in [5.41, 5.74) is 15.2. The monoisotopic (exact) mass is 724 g/mol. The molecule has 10 rings (SSSR count). The van der Waals surface area contributed by atoms with Crippen molar-refractivity contribution in [3.05, 3.63) is 189 Å². The molecule has 0 aliphatic heterocycles. The molecule has 2 heteroatoms. The first-order chi connectivity index (χ1) is 23.1. The van der Waals surface area contributed by atoms with Gasteiger partial charge in [-0.3, -0.25) is 0 Å². The van der Waals surface area contributed by atoms with Crippen molar-refractivity contribution in [3.8, 4) is 44.5 Å². The molecule has 8 aromatic rings. The average molecular weight is 727 g/mol. The highest BCUT2D eigenvalue weighted by atomic mass is 79.9. The standard InChI is InChI=1S/C45H26Br2/c46-41-19-7-11-27-9-5-15-31(43(27)41)29-21-23-35-36-24-22-30(32-16-6-10-28-12-8-20-42(47)44(28)32)26-40(36)45(39(35)25-29)37-17-3-1-13-33(37)34-14-2-4-18-38(34)45/h1-26H. The number of hydrogen-bond acceptors (Lipinski definition) is 0. The molecular weight excluding hydrogens is 700 g/mol. The minimum absolute atomic E-state index is 0.437. The van der Waals surface area contributed by atoms with E-state index in [9.17, 15) is 0 Å². The average Bonchev–Trinajstić information content (AvgIpc) is 3.58. The number of fused-ring (bicyclic) bond motifs is 12. The van der Waals surface area contributed by atoms with Gasteiger partial charge in [-0.25, -0.2) is 0 Å². The second kappa shape index (κ2) is 10.1. The van der Waals surface area contributed by atoms with Crippen LogP contribution in [0.4, 0.5) is 0 Å². The lowest BCUT2D eigenvalue weighted by Crippen LogP contribution is -2.26. The quantitative estimate of drug-likeness (QED) is 0.166. The molecule has 0 heterocycles. The Morgan fingerprint density at radius 3 is 1.17 bits per heavy atom. The van der Waals surface area contributed by atoms with Crippen LogP contribution in [-0.2, 0) is 5.41 Å². The predicted octanol–water partition coefficient (Wildman–Crippen LogP) is 13.2. The molecule has 0 saturated heterocycles. The van der Waals surface area contributed by atoms with Crippen molar-refractivity contribution in [1.82, 2.24) is 0 Å². The fourth-order valence-electron chi connectivity index (χ4n) is 8.55. The van der Waals surface area contributed by atoms with E-state index in [4.69, 9.17) is 0 Å². The van der Waals surface area contributed by atoms with E-state index in [2.05, 4.69) is 190 Å². The molecule has 47 heavy (non-hydrogen) atoms. The molecule has 0 aromatic heterocycles. The summed E-state index contributed by atoms with van der Waals surface area (Å²) < 4.78 is 2.23. The largest absolute Gasteiger partial charge is 0.0725 e. The molecule has 0 amide bonds. The van der Waals surface area contributed by atoms with Gasteiger partial charge in [0, 0.05) is 19.7 Å². The van der Waals surface area contributed by atoms with E-state index < -0.39 is 5.41 Å². The van der Waals surface area contributed by atoms with Crippen molar-refractivity contribution in [2.75, 3.05) is 0 Å². The normalized spacial score (nSPS) is 13.5. The molecule has 0 atom stereocenters. The minimum Gasteiger partial charge on any atom is -0.0619 e. The maximum atomic E-state index is 3.88. The highest BCUT2D eigenvalue weighted by molar-refractivity contribution is 9.11. The van der Waals surface area contributed by atoms with E-state index >= 15 is 0 Å². The number of hydrogen-bond donors (Lipinski definition) is 0. The molecule has 0 nitrogen and oxygen atoms in total. The molecule has 2 aliphatic rings. The first-order valence-corrected chi connectivity index (χ1v) is 17.6. The van der Waals surface area contributed by atoms with Crippen LogP contribution in [0.1, 0.15) is 22.3 Å². The maximum Gasteiger partial charge on any atom is 0.0725 e. The van der Waals surface area contributed by atoms with Crippen LogP contribution in [0.5, 0.6) is 0 Å². The summed E-state index contributed by atoms with van der Waals surface area (Å²) in [7, 11) is 0. The van der Waals surface area contributed by atoms with Crippen molar-refractivity contribution in [2.24, 2.45) is 0 Å². The van der Waals surface area contributed by atoms with Crippen molar-refractivity contribution >= 4 is 53.4 Å². The van der Waals surface area contributed by atoms with Gasteiger partial charge in [-0.2, -0.15) is 0 Å². The zero-order valence-electron chi connectivity index (χ0n) is 25.3. The molecule has 0 unspecified atom stereocenters. The van der Waals surface area contributed by atoms with E-state index in [1.165, 1.54) is 88.3 Å². The van der Waals surface area contributed by atoms with E-state index in [-0.39, 0.29) is 0 Å². The third kappa shape index (κ3) is 3.69. The Labute approximate surface area is 290 Å². The molecule has 0 saturated carbocycles. The SMILES string of the molecule is Brc1cccc2cccc(-c3ccc4c(c3)C3(c5ccccc5-c5ccccc53)c3cc(-c5cccc6cccc(Br)c56)ccc3-4)c12. The summed E-state index contributed by atoms with van der Waals surface area (Å²) in [6.07, 6.45) is 0. The number of benzene rings is 8. The fourth-order valence-corrected chi connectivity index (χ4v) is 9.74. The van der Waals surface area contributed by atoms with Gasteiger partial charge in [0.1, 0.15) is 0 Å². The van der Waals surface area contributed by atoms with Crippen LogP contribution >= 0.6 is 31.9 Å².